The molecular formula is C17H15N. The molecule has 0 aliphatic heterocycles. The number of fused-ring (bicyclic) bond motifs is 5. The van der Waals surface area contributed by atoms with Crippen LogP contribution in [0.4, 0.5) is 0 Å². The minimum Gasteiger partial charge on any atom is -0.355 e. The maximum atomic E-state index is 3.54. The Balaban J connectivity index is 2.18. The van der Waals surface area contributed by atoms with E-state index in [4.69, 9.17) is 0 Å². The molecule has 0 spiro atoms. The SMILES string of the molecule is CC1C=Cc2[nH]c3ccc4ccccc4c3c2C1. The highest BCUT2D eigenvalue weighted by molar-refractivity contribution is 6.09. The van der Waals surface area contributed by atoms with Crippen LogP contribution in [-0.4, -0.2) is 4.98 Å². The van der Waals surface area contributed by atoms with Gasteiger partial charge in [0.15, 0.2) is 0 Å². The van der Waals surface area contributed by atoms with E-state index in [0.29, 0.717) is 5.92 Å². The predicted molar refractivity (Wildman–Crippen MR) is 77.7 cm³/mol. The molecule has 0 saturated carbocycles. The molecule has 1 aromatic heterocycles. The average molecular weight is 233 g/mol. The van der Waals surface area contributed by atoms with Crippen LogP contribution in [0, 0.1) is 5.92 Å². The van der Waals surface area contributed by atoms with Crippen molar-refractivity contribution in [3.63, 3.8) is 0 Å². The summed E-state index contributed by atoms with van der Waals surface area (Å²) in [5.41, 5.74) is 4.04. The van der Waals surface area contributed by atoms with Crippen LogP contribution in [0.15, 0.2) is 42.5 Å². The lowest BCUT2D eigenvalue weighted by molar-refractivity contribution is 0.720. The number of allylic oxidation sites excluding steroid dienone is 1. The normalized spacial score (nSPS) is 18.4. The van der Waals surface area contributed by atoms with Crippen LogP contribution in [0.25, 0.3) is 27.8 Å². The second-order valence-electron chi connectivity index (χ2n) is 5.27. The van der Waals surface area contributed by atoms with Crippen molar-refractivity contribution in [2.45, 2.75) is 13.3 Å². The van der Waals surface area contributed by atoms with Crippen LogP contribution in [0.3, 0.4) is 0 Å². The monoisotopic (exact) mass is 233 g/mol. The molecule has 0 saturated heterocycles. The fourth-order valence-electron chi connectivity index (χ4n) is 3.06. The van der Waals surface area contributed by atoms with Gasteiger partial charge in [0.1, 0.15) is 0 Å². The highest BCUT2D eigenvalue weighted by Crippen LogP contribution is 2.34. The lowest BCUT2D eigenvalue weighted by atomic mass is 9.91. The molecule has 1 nitrogen and oxygen atoms in total. The predicted octanol–water partition coefficient (Wildman–Crippen LogP) is 4.53. The van der Waals surface area contributed by atoms with E-state index in [1.54, 1.807) is 0 Å². The number of aromatic amines is 1. The van der Waals surface area contributed by atoms with Crippen molar-refractivity contribution in [3.05, 3.63) is 53.7 Å². The Morgan fingerprint density at radius 3 is 2.94 bits per heavy atom. The summed E-state index contributed by atoms with van der Waals surface area (Å²) in [6.45, 7) is 2.28. The third-order valence-corrected chi connectivity index (χ3v) is 3.94. The summed E-state index contributed by atoms with van der Waals surface area (Å²) in [6.07, 6.45) is 5.66. The maximum absolute atomic E-state index is 3.54. The first-order valence-corrected chi connectivity index (χ1v) is 6.53. The van der Waals surface area contributed by atoms with Crippen molar-refractivity contribution >= 4 is 27.8 Å². The third-order valence-electron chi connectivity index (χ3n) is 3.94. The van der Waals surface area contributed by atoms with E-state index in [0.717, 1.165) is 6.42 Å². The Morgan fingerprint density at radius 1 is 1.11 bits per heavy atom. The van der Waals surface area contributed by atoms with Crippen molar-refractivity contribution in [2.24, 2.45) is 5.92 Å². The number of benzene rings is 2. The second-order valence-corrected chi connectivity index (χ2v) is 5.27. The summed E-state index contributed by atoms with van der Waals surface area (Å²) in [7, 11) is 0. The first-order chi connectivity index (χ1) is 8.83. The van der Waals surface area contributed by atoms with E-state index < -0.39 is 0 Å². The second kappa shape index (κ2) is 3.49. The zero-order valence-corrected chi connectivity index (χ0v) is 10.4. The van der Waals surface area contributed by atoms with E-state index in [9.17, 15) is 0 Å². The van der Waals surface area contributed by atoms with Crippen LogP contribution in [-0.2, 0) is 6.42 Å². The molecule has 1 N–H and O–H groups in total. The molecule has 1 heterocycles. The van der Waals surface area contributed by atoms with Crippen LogP contribution in [0.2, 0.25) is 0 Å². The summed E-state index contributed by atoms with van der Waals surface area (Å²) in [5, 5.41) is 4.11. The number of nitrogens with one attached hydrogen (secondary N) is 1. The molecule has 0 bridgehead atoms. The van der Waals surface area contributed by atoms with E-state index in [2.05, 4.69) is 60.5 Å². The molecule has 4 rings (SSSR count). The smallest absolute Gasteiger partial charge is 0.0468 e. The molecule has 1 atom stereocenters. The first-order valence-electron chi connectivity index (χ1n) is 6.53. The van der Waals surface area contributed by atoms with Gasteiger partial charge in [-0.1, -0.05) is 43.3 Å². The van der Waals surface area contributed by atoms with Crippen molar-refractivity contribution in [1.29, 1.82) is 0 Å². The van der Waals surface area contributed by atoms with Crippen molar-refractivity contribution < 1.29 is 0 Å². The van der Waals surface area contributed by atoms with Crippen LogP contribution in [0.5, 0.6) is 0 Å². The lowest BCUT2D eigenvalue weighted by Crippen LogP contribution is -2.01. The van der Waals surface area contributed by atoms with E-state index >= 15 is 0 Å². The van der Waals surface area contributed by atoms with Gasteiger partial charge in [-0.2, -0.15) is 0 Å². The van der Waals surface area contributed by atoms with Crippen LogP contribution >= 0.6 is 0 Å². The van der Waals surface area contributed by atoms with E-state index in [-0.39, 0.29) is 0 Å². The molecule has 0 fully saturated rings. The van der Waals surface area contributed by atoms with Gasteiger partial charge in [-0.05, 0) is 40.8 Å². The topological polar surface area (TPSA) is 15.8 Å². The number of aromatic nitrogens is 1. The molecule has 1 aliphatic carbocycles. The highest BCUT2D eigenvalue weighted by Gasteiger charge is 2.17. The Hall–Kier alpha value is -2.02. The van der Waals surface area contributed by atoms with Gasteiger partial charge in [-0.25, -0.2) is 0 Å². The quantitative estimate of drug-likeness (QED) is 0.587. The standard InChI is InChI=1S/C17H15N/c1-11-6-8-15-14(10-11)17-13-5-3-2-4-12(13)7-9-16(17)18-15/h2-9,11,18H,10H2,1H3. The van der Waals surface area contributed by atoms with Crippen molar-refractivity contribution in [2.75, 3.05) is 0 Å². The molecule has 1 unspecified atom stereocenters. The molecule has 0 amide bonds. The van der Waals surface area contributed by atoms with Crippen LogP contribution in [0.1, 0.15) is 18.2 Å². The lowest BCUT2D eigenvalue weighted by Gasteiger charge is -2.12. The summed E-state index contributed by atoms with van der Waals surface area (Å²) in [6, 6.07) is 13.1. The number of hydrogen-bond donors (Lipinski definition) is 1. The fourth-order valence-corrected chi connectivity index (χ4v) is 3.06. The van der Waals surface area contributed by atoms with Crippen LogP contribution < -0.4 is 0 Å². The minimum absolute atomic E-state index is 0.635. The molecule has 18 heavy (non-hydrogen) atoms. The first kappa shape index (κ1) is 9.95. The van der Waals surface area contributed by atoms with Crippen molar-refractivity contribution in [3.8, 4) is 0 Å². The summed E-state index contributed by atoms with van der Waals surface area (Å²) in [4.78, 5) is 3.54. The largest absolute Gasteiger partial charge is 0.355 e. The summed E-state index contributed by atoms with van der Waals surface area (Å²) < 4.78 is 0. The summed E-state index contributed by atoms with van der Waals surface area (Å²) >= 11 is 0. The Labute approximate surface area is 106 Å². The van der Waals surface area contributed by atoms with Gasteiger partial charge in [-0.3, -0.25) is 0 Å². The van der Waals surface area contributed by atoms with Gasteiger partial charge in [0, 0.05) is 16.6 Å². The molecule has 0 radical (unpaired) electrons. The van der Waals surface area contributed by atoms with Gasteiger partial charge >= 0.3 is 0 Å². The molecular weight excluding hydrogens is 218 g/mol. The molecule has 1 heteroatoms. The van der Waals surface area contributed by atoms with Gasteiger partial charge in [0.25, 0.3) is 0 Å². The number of rotatable bonds is 0. The molecule has 3 aromatic rings. The Bertz CT molecular complexity index is 777. The van der Waals surface area contributed by atoms with Gasteiger partial charge in [-0.15, -0.1) is 0 Å². The Kier molecular flexibility index (Phi) is 1.93. The molecule has 88 valence electrons. The van der Waals surface area contributed by atoms with Gasteiger partial charge < -0.3 is 4.98 Å². The fraction of sp³-hybridized carbons (Fsp3) is 0.176. The molecule has 1 aliphatic rings. The third kappa shape index (κ3) is 1.28. The maximum Gasteiger partial charge on any atom is 0.0468 e. The summed E-state index contributed by atoms with van der Waals surface area (Å²) in [5.74, 6) is 0.635. The van der Waals surface area contributed by atoms with Gasteiger partial charge in [0.2, 0.25) is 0 Å². The zero-order chi connectivity index (χ0) is 12.1. The average Bonchev–Trinajstić information content (AvgIpc) is 2.77. The zero-order valence-electron chi connectivity index (χ0n) is 10.4. The minimum atomic E-state index is 0.635. The Morgan fingerprint density at radius 2 is 2.00 bits per heavy atom. The molecule has 2 aromatic carbocycles. The number of H-pyrrole nitrogens is 1. The van der Waals surface area contributed by atoms with E-state index in [1.165, 1.54) is 32.9 Å². The number of hydrogen-bond acceptors (Lipinski definition) is 0. The van der Waals surface area contributed by atoms with E-state index in [1.807, 2.05) is 0 Å². The van der Waals surface area contributed by atoms with Gasteiger partial charge in [0.05, 0.1) is 0 Å². The highest BCUT2D eigenvalue weighted by atomic mass is 14.7. The van der Waals surface area contributed by atoms with Crippen molar-refractivity contribution in [1.82, 2.24) is 4.98 Å².